The molecule has 0 atom stereocenters. The van der Waals surface area contributed by atoms with Gasteiger partial charge in [0.05, 0.1) is 0 Å². The van der Waals surface area contributed by atoms with E-state index in [2.05, 4.69) is 37.1 Å². The van der Waals surface area contributed by atoms with E-state index >= 15 is 0 Å². The van der Waals surface area contributed by atoms with Gasteiger partial charge in [-0.1, -0.05) is 30.7 Å². The van der Waals surface area contributed by atoms with Crippen molar-refractivity contribution in [3.8, 4) is 0 Å². The van der Waals surface area contributed by atoms with Gasteiger partial charge in [-0.05, 0) is 76.3 Å². The Morgan fingerprint density at radius 2 is 1.91 bits per heavy atom. The van der Waals surface area contributed by atoms with E-state index in [1.54, 1.807) is 0 Å². The predicted molar refractivity (Wildman–Crippen MR) is 99.6 cm³/mol. The maximum Gasteiger partial charge on any atom is 0.251 e. The molecule has 0 aliphatic heterocycles. The molecule has 0 amide bonds. The highest BCUT2D eigenvalue weighted by molar-refractivity contribution is 5.37. The molecule has 128 valence electrons. The molecule has 0 spiro atoms. The molecule has 0 bridgehead atoms. The highest BCUT2D eigenvalue weighted by atomic mass is 16.1. The average molecular weight is 316 g/mol. The molecular weight excluding hydrogens is 284 g/mol. The van der Waals surface area contributed by atoms with Crippen LogP contribution in [0.15, 0.2) is 28.6 Å². The number of fused-ring (bicyclic) bond motifs is 1. The van der Waals surface area contributed by atoms with Crippen molar-refractivity contribution in [2.75, 3.05) is 0 Å². The monoisotopic (exact) mass is 316 g/mol. The third-order valence-corrected chi connectivity index (χ3v) is 4.76. The lowest BCUT2D eigenvalue weighted by molar-refractivity contribution is 0.659. The zero-order valence-corrected chi connectivity index (χ0v) is 15.0. The number of rotatable bonds is 6. The molecule has 1 aliphatic carbocycles. The lowest BCUT2D eigenvalue weighted by Gasteiger charge is -2.20. The van der Waals surface area contributed by atoms with E-state index in [-0.39, 0.29) is 11.7 Å². The van der Waals surface area contributed by atoms with E-state index in [1.807, 2.05) is 6.92 Å². The number of aromatic nitrogens is 1. The van der Waals surface area contributed by atoms with Crippen LogP contribution < -0.4 is 11.7 Å². The standard InChI is InChI=1S/C20H29NO.H3N/c1-4-15(2)11-7-5-6-8-14-19-18-13-10-9-12-17(18)16(3)20(22)21-19;/h5,7,11H,4,6,8-10,12-14H2,1-3H3,(H,21,22);1H3/b7-5-,15-11+;. The van der Waals surface area contributed by atoms with E-state index in [0.717, 1.165) is 44.1 Å². The third-order valence-electron chi connectivity index (χ3n) is 4.76. The maximum atomic E-state index is 12.1. The molecule has 4 N–H and O–H groups in total. The first kappa shape index (κ1) is 19.4. The minimum absolute atomic E-state index is 0. The molecule has 1 aromatic heterocycles. The van der Waals surface area contributed by atoms with Gasteiger partial charge in [0.25, 0.3) is 5.56 Å². The van der Waals surface area contributed by atoms with Gasteiger partial charge in [0.15, 0.2) is 0 Å². The van der Waals surface area contributed by atoms with E-state index < -0.39 is 0 Å². The fourth-order valence-electron chi connectivity index (χ4n) is 3.15. The topological polar surface area (TPSA) is 67.9 Å². The second-order valence-corrected chi connectivity index (χ2v) is 6.41. The lowest BCUT2D eigenvalue weighted by atomic mass is 9.87. The number of hydrogen-bond donors (Lipinski definition) is 2. The summed E-state index contributed by atoms with van der Waals surface area (Å²) in [6, 6.07) is 0. The van der Waals surface area contributed by atoms with Crippen LogP contribution in [0.4, 0.5) is 0 Å². The Hall–Kier alpha value is -1.61. The van der Waals surface area contributed by atoms with E-state index in [9.17, 15) is 4.79 Å². The molecule has 3 nitrogen and oxygen atoms in total. The number of allylic oxidation sites excluding steroid dienone is 4. The smallest absolute Gasteiger partial charge is 0.251 e. The number of aryl methyl sites for hydroxylation is 1. The number of H-pyrrole nitrogens is 1. The molecule has 0 saturated heterocycles. The summed E-state index contributed by atoms with van der Waals surface area (Å²) in [6.07, 6.45) is 15.5. The summed E-state index contributed by atoms with van der Waals surface area (Å²) >= 11 is 0. The van der Waals surface area contributed by atoms with Gasteiger partial charge < -0.3 is 11.1 Å². The molecule has 1 aliphatic rings. The van der Waals surface area contributed by atoms with Crippen molar-refractivity contribution in [2.24, 2.45) is 0 Å². The number of unbranched alkanes of at least 4 members (excludes halogenated alkanes) is 1. The van der Waals surface area contributed by atoms with Crippen LogP contribution in [0.1, 0.15) is 68.3 Å². The highest BCUT2D eigenvalue weighted by Gasteiger charge is 2.17. The Bertz CT molecular complexity index is 623. The van der Waals surface area contributed by atoms with Crippen molar-refractivity contribution in [3.63, 3.8) is 0 Å². The summed E-state index contributed by atoms with van der Waals surface area (Å²) in [5, 5.41) is 0. The average Bonchev–Trinajstić information content (AvgIpc) is 2.54. The van der Waals surface area contributed by atoms with Crippen molar-refractivity contribution < 1.29 is 0 Å². The first-order valence-corrected chi connectivity index (χ1v) is 8.69. The van der Waals surface area contributed by atoms with Gasteiger partial charge in [-0.3, -0.25) is 4.79 Å². The zero-order valence-electron chi connectivity index (χ0n) is 15.0. The van der Waals surface area contributed by atoms with Gasteiger partial charge >= 0.3 is 0 Å². The van der Waals surface area contributed by atoms with Crippen LogP contribution in [0.2, 0.25) is 0 Å². The minimum Gasteiger partial charge on any atom is -0.344 e. The minimum atomic E-state index is 0. The Labute approximate surface area is 140 Å². The Kier molecular flexibility index (Phi) is 8.04. The first-order valence-electron chi connectivity index (χ1n) is 8.69. The van der Waals surface area contributed by atoms with Gasteiger partial charge in [-0.2, -0.15) is 0 Å². The largest absolute Gasteiger partial charge is 0.344 e. The number of aromatic amines is 1. The molecule has 0 saturated carbocycles. The molecule has 0 fully saturated rings. The summed E-state index contributed by atoms with van der Waals surface area (Å²) in [6.45, 7) is 6.31. The van der Waals surface area contributed by atoms with Crippen LogP contribution in [0.3, 0.4) is 0 Å². The van der Waals surface area contributed by atoms with Crippen LogP contribution in [0.5, 0.6) is 0 Å². The number of hydrogen-bond acceptors (Lipinski definition) is 2. The summed E-state index contributed by atoms with van der Waals surface area (Å²) in [5.41, 5.74) is 6.44. The zero-order chi connectivity index (χ0) is 15.9. The van der Waals surface area contributed by atoms with E-state index in [1.165, 1.54) is 35.2 Å². The molecule has 0 unspecified atom stereocenters. The fraction of sp³-hybridized carbons (Fsp3) is 0.550. The van der Waals surface area contributed by atoms with Gasteiger partial charge in [0.2, 0.25) is 0 Å². The molecule has 0 aromatic carbocycles. The Morgan fingerprint density at radius 1 is 1.22 bits per heavy atom. The number of pyridine rings is 1. The molecule has 1 aromatic rings. The van der Waals surface area contributed by atoms with Crippen molar-refractivity contribution in [1.29, 1.82) is 0 Å². The van der Waals surface area contributed by atoms with Gasteiger partial charge in [0, 0.05) is 11.3 Å². The normalized spacial score (nSPS) is 14.7. The van der Waals surface area contributed by atoms with Gasteiger partial charge in [0.1, 0.15) is 0 Å². The van der Waals surface area contributed by atoms with E-state index in [0.29, 0.717) is 0 Å². The van der Waals surface area contributed by atoms with E-state index in [4.69, 9.17) is 0 Å². The third kappa shape index (κ3) is 5.21. The molecule has 3 heteroatoms. The quantitative estimate of drug-likeness (QED) is 0.575. The Balaban J connectivity index is 0.00000264. The van der Waals surface area contributed by atoms with Crippen LogP contribution in [-0.2, 0) is 19.3 Å². The molecule has 2 rings (SSSR count). The van der Waals surface area contributed by atoms with Crippen LogP contribution >= 0.6 is 0 Å². The van der Waals surface area contributed by atoms with Gasteiger partial charge in [-0.15, -0.1) is 0 Å². The Morgan fingerprint density at radius 3 is 2.61 bits per heavy atom. The van der Waals surface area contributed by atoms with Crippen LogP contribution in [-0.4, -0.2) is 4.98 Å². The predicted octanol–water partition coefficient (Wildman–Crippen LogP) is 4.96. The maximum absolute atomic E-state index is 12.1. The SMILES string of the molecule is CC/C(C)=C/C=C\CCCc1[nH]c(=O)c(C)c2c1CCCC2.N. The highest BCUT2D eigenvalue weighted by Crippen LogP contribution is 2.25. The number of nitrogens with one attached hydrogen (secondary N) is 1. The van der Waals surface area contributed by atoms with Crippen LogP contribution in [0.25, 0.3) is 0 Å². The first-order chi connectivity index (χ1) is 10.6. The molecule has 1 heterocycles. The summed E-state index contributed by atoms with van der Waals surface area (Å²) in [5.74, 6) is 0. The van der Waals surface area contributed by atoms with Crippen LogP contribution in [0, 0.1) is 6.92 Å². The van der Waals surface area contributed by atoms with Gasteiger partial charge in [-0.25, -0.2) is 0 Å². The summed E-state index contributed by atoms with van der Waals surface area (Å²) in [7, 11) is 0. The lowest BCUT2D eigenvalue weighted by Crippen LogP contribution is -2.21. The van der Waals surface area contributed by atoms with Crippen molar-refractivity contribution in [1.82, 2.24) is 11.1 Å². The molecular formula is C20H32N2O. The fourth-order valence-corrected chi connectivity index (χ4v) is 3.15. The summed E-state index contributed by atoms with van der Waals surface area (Å²) < 4.78 is 0. The second-order valence-electron chi connectivity index (χ2n) is 6.41. The van der Waals surface area contributed by atoms with Crippen molar-refractivity contribution >= 4 is 0 Å². The molecule has 0 radical (unpaired) electrons. The van der Waals surface area contributed by atoms with Crippen molar-refractivity contribution in [2.45, 2.75) is 72.1 Å². The molecule has 23 heavy (non-hydrogen) atoms. The summed E-state index contributed by atoms with van der Waals surface area (Å²) in [4.78, 5) is 15.2. The second kappa shape index (κ2) is 9.51. The van der Waals surface area contributed by atoms with Crippen molar-refractivity contribution in [3.05, 3.63) is 56.5 Å².